The molecule has 0 radical (unpaired) electrons. The largest absolute Gasteiger partial charge is 0.350 e. The lowest BCUT2D eigenvalue weighted by molar-refractivity contribution is 0.273. The lowest BCUT2D eigenvalue weighted by atomic mass is 10.2. The highest BCUT2D eigenvalue weighted by atomic mass is 35.5. The maximum absolute atomic E-state index is 12.5. The van der Waals surface area contributed by atoms with Crippen LogP contribution in [0, 0.1) is 6.92 Å². The van der Waals surface area contributed by atoms with Gasteiger partial charge in [0, 0.05) is 6.07 Å². The van der Waals surface area contributed by atoms with Crippen molar-refractivity contribution in [3.63, 3.8) is 0 Å². The summed E-state index contributed by atoms with van der Waals surface area (Å²) in [6, 6.07) is 1.65. The van der Waals surface area contributed by atoms with Crippen molar-refractivity contribution in [2.75, 3.05) is 18.0 Å². The van der Waals surface area contributed by atoms with Crippen molar-refractivity contribution in [3.05, 3.63) is 17.0 Å². The fourth-order valence-electron chi connectivity index (χ4n) is 1.29. The van der Waals surface area contributed by atoms with Crippen molar-refractivity contribution < 1.29 is 4.39 Å². The van der Waals surface area contributed by atoms with Gasteiger partial charge in [-0.2, -0.15) is 0 Å². The van der Waals surface area contributed by atoms with Gasteiger partial charge < -0.3 is 4.90 Å². The van der Waals surface area contributed by atoms with Gasteiger partial charge in [0.25, 0.3) is 0 Å². The van der Waals surface area contributed by atoms with Gasteiger partial charge in [0.1, 0.15) is 23.0 Å². The van der Waals surface area contributed by atoms with E-state index in [0.29, 0.717) is 29.9 Å². The van der Waals surface area contributed by atoms with E-state index < -0.39 is 6.17 Å². The zero-order valence-corrected chi connectivity index (χ0v) is 7.92. The van der Waals surface area contributed by atoms with Crippen molar-refractivity contribution in [3.8, 4) is 0 Å². The number of anilines is 1. The van der Waals surface area contributed by atoms with E-state index in [4.69, 9.17) is 11.6 Å². The zero-order chi connectivity index (χ0) is 9.42. The van der Waals surface area contributed by atoms with Gasteiger partial charge in [-0.1, -0.05) is 11.6 Å². The topological polar surface area (TPSA) is 29.0 Å². The molecule has 5 heteroatoms. The lowest BCUT2D eigenvalue weighted by Gasteiger charge is -2.35. The van der Waals surface area contributed by atoms with E-state index in [1.54, 1.807) is 13.0 Å². The standard InChI is InChI=1S/C8H9ClFN3/c1-5-11-7(9)2-8(12-5)13-3-6(10)4-13/h2,6H,3-4H2,1H3. The van der Waals surface area contributed by atoms with Gasteiger partial charge in [-0.15, -0.1) is 0 Å². The Balaban J connectivity index is 2.21. The third-order valence-corrected chi connectivity index (χ3v) is 2.15. The van der Waals surface area contributed by atoms with Gasteiger partial charge in [-0.25, -0.2) is 14.4 Å². The van der Waals surface area contributed by atoms with E-state index in [-0.39, 0.29) is 0 Å². The number of halogens is 2. The molecular weight excluding hydrogens is 193 g/mol. The summed E-state index contributed by atoms with van der Waals surface area (Å²) in [4.78, 5) is 9.92. The minimum absolute atomic E-state index is 0.407. The first kappa shape index (κ1) is 8.69. The second-order valence-electron chi connectivity index (χ2n) is 3.10. The third-order valence-electron chi connectivity index (χ3n) is 1.95. The Hall–Kier alpha value is -0.900. The van der Waals surface area contributed by atoms with Crippen LogP contribution in [0.25, 0.3) is 0 Å². The van der Waals surface area contributed by atoms with Crippen LogP contribution in [0.2, 0.25) is 5.15 Å². The van der Waals surface area contributed by atoms with Crippen LogP contribution in [0.3, 0.4) is 0 Å². The summed E-state index contributed by atoms with van der Waals surface area (Å²) in [5.74, 6) is 1.33. The molecule has 0 spiro atoms. The lowest BCUT2D eigenvalue weighted by Crippen LogP contribution is -2.48. The van der Waals surface area contributed by atoms with E-state index in [2.05, 4.69) is 9.97 Å². The zero-order valence-electron chi connectivity index (χ0n) is 7.17. The maximum Gasteiger partial charge on any atom is 0.135 e. The quantitative estimate of drug-likeness (QED) is 0.647. The van der Waals surface area contributed by atoms with Crippen LogP contribution in [0.4, 0.5) is 10.2 Å². The number of hydrogen-bond acceptors (Lipinski definition) is 3. The minimum Gasteiger partial charge on any atom is -0.350 e. The van der Waals surface area contributed by atoms with Crippen molar-refractivity contribution in [1.82, 2.24) is 9.97 Å². The molecule has 1 fully saturated rings. The normalized spacial score (nSPS) is 17.3. The van der Waals surface area contributed by atoms with Crippen molar-refractivity contribution in [1.29, 1.82) is 0 Å². The number of nitrogens with zero attached hydrogens (tertiary/aromatic N) is 3. The molecule has 1 aromatic heterocycles. The van der Waals surface area contributed by atoms with Crippen molar-refractivity contribution in [2.45, 2.75) is 13.1 Å². The van der Waals surface area contributed by atoms with Crippen LogP contribution >= 0.6 is 11.6 Å². The van der Waals surface area contributed by atoms with E-state index in [0.717, 1.165) is 0 Å². The second kappa shape index (κ2) is 3.10. The van der Waals surface area contributed by atoms with Gasteiger partial charge in [0.05, 0.1) is 13.1 Å². The Morgan fingerprint density at radius 2 is 2.23 bits per heavy atom. The fraction of sp³-hybridized carbons (Fsp3) is 0.500. The van der Waals surface area contributed by atoms with Crippen LogP contribution in [0.1, 0.15) is 5.82 Å². The van der Waals surface area contributed by atoms with Crippen LogP contribution in [-0.2, 0) is 0 Å². The molecule has 1 aliphatic heterocycles. The van der Waals surface area contributed by atoms with Crippen LogP contribution < -0.4 is 4.90 Å². The molecule has 3 nitrogen and oxygen atoms in total. The first-order valence-electron chi connectivity index (χ1n) is 4.05. The molecule has 13 heavy (non-hydrogen) atoms. The fourth-order valence-corrected chi connectivity index (χ4v) is 1.51. The first-order chi connectivity index (χ1) is 6.15. The molecule has 0 aromatic carbocycles. The van der Waals surface area contributed by atoms with Gasteiger partial charge >= 0.3 is 0 Å². The summed E-state index contributed by atoms with van der Waals surface area (Å²) in [7, 11) is 0. The van der Waals surface area contributed by atoms with Crippen molar-refractivity contribution in [2.24, 2.45) is 0 Å². The minimum atomic E-state index is -0.728. The van der Waals surface area contributed by atoms with E-state index in [9.17, 15) is 4.39 Å². The Bertz CT molecular complexity index is 305. The summed E-state index contributed by atoms with van der Waals surface area (Å²) >= 11 is 5.74. The molecular formula is C8H9ClFN3. The highest BCUT2D eigenvalue weighted by Crippen LogP contribution is 2.22. The molecule has 0 aliphatic carbocycles. The number of rotatable bonds is 1. The third kappa shape index (κ3) is 1.72. The SMILES string of the molecule is Cc1nc(Cl)cc(N2CC(F)C2)n1. The Morgan fingerprint density at radius 1 is 1.54 bits per heavy atom. The molecule has 2 rings (SSSR count). The average Bonchev–Trinajstić information content (AvgIpc) is 1.96. The van der Waals surface area contributed by atoms with Gasteiger partial charge in [-0.3, -0.25) is 0 Å². The predicted molar refractivity (Wildman–Crippen MR) is 48.9 cm³/mol. The predicted octanol–water partition coefficient (Wildman–Crippen LogP) is 1.60. The maximum atomic E-state index is 12.5. The van der Waals surface area contributed by atoms with Crippen LogP contribution in [0.5, 0.6) is 0 Å². The van der Waals surface area contributed by atoms with Crippen molar-refractivity contribution >= 4 is 17.4 Å². The summed E-state index contributed by atoms with van der Waals surface area (Å²) in [6.07, 6.45) is -0.728. The van der Waals surface area contributed by atoms with Gasteiger partial charge in [-0.05, 0) is 6.92 Å². The molecule has 0 atom stereocenters. The number of aryl methyl sites for hydroxylation is 1. The molecule has 0 amide bonds. The molecule has 0 bridgehead atoms. The Kier molecular flexibility index (Phi) is 2.07. The molecule has 1 aliphatic rings. The molecule has 0 unspecified atom stereocenters. The van der Waals surface area contributed by atoms with E-state index in [1.807, 2.05) is 4.90 Å². The average molecular weight is 202 g/mol. The van der Waals surface area contributed by atoms with Gasteiger partial charge in [0.2, 0.25) is 0 Å². The van der Waals surface area contributed by atoms with Gasteiger partial charge in [0.15, 0.2) is 0 Å². The van der Waals surface area contributed by atoms with Crippen LogP contribution in [-0.4, -0.2) is 29.2 Å². The number of aromatic nitrogens is 2. The summed E-state index contributed by atoms with van der Waals surface area (Å²) < 4.78 is 12.5. The molecule has 1 saturated heterocycles. The summed E-state index contributed by atoms with van der Waals surface area (Å²) in [6.45, 7) is 2.58. The molecule has 0 N–H and O–H groups in total. The first-order valence-corrected chi connectivity index (χ1v) is 4.43. The van der Waals surface area contributed by atoms with Crippen LogP contribution in [0.15, 0.2) is 6.07 Å². The smallest absolute Gasteiger partial charge is 0.135 e. The summed E-state index contributed by atoms with van der Waals surface area (Å²) in [5, 5.41) is 0.407. The molecule has 1 aromatic rings. The monoisotopic (exact) mass is 201 g/mol. The molecule has 70 valence electrons. The number of alkyl halides is 1. The Morgan fingerprint density at radius 3 is 2.77 bits per heavy atom. The second-order valence-corrected chi connectivity index (χ2v) is 3.49. The molecule has 0 saturated carbocycles. The highest BCUT2D eigenvalue weighted by Gasteiger charge is 2.27. The summed E-state index contributed by atoms with van der Waals surface area (Å²) in [5.41, 5.74) is 0. The van der Waals surface area contributed by atoms with E-state index >= 15 is 0 Å². The molecule has 2 heterocycles. The number of hydrogen-bond donors (Lipinski definition) is 0. The highest BCUT2D eigenvalue weighted by molar-refractivity contribution is 6.29. The Labute approximate surface area is 80.6 Å². The van der Waals surface area contributed by atoms with E-state index in [1.165, 1.54) is 0 Å².